The number of hydrogen-bond donors (Lipinski definition) is 2. The Morgan fingerprint density at radius 2 is 1.60 bits per heavy atom. The first-order valence-corrected chi connectivity index (χ1v) is 8.24. The highest BCUT2D eigenvalue weighted by Gasteiger charge is 2.18. The molecule has 0 heterocycles. The third-order valence-corrected chi connectivity index (χ3v) is 4.27. The van der Waals surface area contributed by atoms with Crippen LogP contribution in [0.1, 0.15) is 40.7 Å². The van der Waals surface area contributed by atoms with E-state index in [4.69, 9.17) is 9.47 Å². The molecule has 2 rings (SSSR count). The monoisotopic (exact) mass is 344 g/mol. The molecule has 2 N–H and O–H groups in total. The second-order valence-corrected chi connectivity index (χ2v) is 5.90. The van der Waals surface area contributed by atoms with Gasteiger partial charge in [0.15, 0.2) is 28.8 Å². The lowest BCUT2D eigenvalue weighted by Gasteiger charge is -2.14. The van der Waals surface area contributed by atoms with E-state index in [9.17, 15) is 15.0 Å². The predicted octanol–water partition coefficient (Wildman–Crippen LogP) is 4.02. The van der Waals surface area contributed by atoms with Gasteiger partial charge in [0.1, 0.15) is 0 Å². The van der Waals surface area contributed by atoms with Crippen LogP contribution in [0, 0.1) is 6.92 Å². The van der Waals surface area contributed by atoms with Gasteiger partial charge in [-0.2, -0.15) is 0 Å². The molecular formula is C20H24O5. The fourth-order valence-corrected chi connectivity index (χ4v) is 2.82. The Morgan fingerprint density at radius 3 is 2.16 bits per heavy atom. The normalized spacial score (nSPS) is 10.5. The summed E-state index contributed by atoms with van der Waals surface area (Å²) in [5.74, 6) is 0.424. The summed E-state index contributed by atoms with van der Waals surface area (Å²) in [7, 11) is 2.88. The highest BCUT2D eigenvalue weighted by molar-refractivity contribution is 5.97. The van der Waals surface area contributed by atoms with Crippen LogP contribution in [0.4, 0.5) is 0 Å². The number of aromatic hydroxyl groups is 2. The molecule has 0 aliphatic rings. The lowest BCUT2D eigenvalue weighted by molar-refractivity contribution is 0.0979. The molecule has 2 aromatic rings. The average Bonchev–Trinajstić information content (AvgIpc) is 2.61. The topological polar surface area (TPSA) is 76.0 Å². The van der Waals surface area contributed by atoms with Crippen molar-refractivity contribution in [3.63, 3.8) is 0 Å². The van der Waals surface area contributed by atoms with Gasteiger partial charge in [-0.1, -0.05) is 24.3 Å². The zero-order valence-corrected chi connectivity index (χ0v) is 14.8. The number of Topliss-reactive ketones (excluding diaryl/α,β-unsaturated/α-hetero) is 1. The van der Waals surface area contributed by atoms with E-state index in [2.05, 4.69) is 0 Å². The van der Waals surface area contributed by atoms with Crippen LogP contribution in [-0.2, 0) is 6.42 Å². The zero-order valence-electron chi connectivity index (χ0n) is 14.8. The molecule has 0 aliphatic carbocycles. The number of carbonyl (C=O) groups is 1. The van der Waals surface area contributed by atoms with Gasteiger partial charge in [-0.15, -0.1) is 0 Å². The molecule has 0 atom stereocenters. The van der Waals surface area contributed by atoms with Gasteiger partial charge < -0.3 is 19.7 Å². The minimum absolute atomic E-state index is 0.0916. The number of ether oxygens (including phenoxy) is 2. The van der Waals surface area contributed by atoms with E-state index in [1.807, 2.05) is 31.2 Å². The summed E-state index contributed by atoms with van der Waals surface area (Å²) in [5, 5.41) is 20.4. The number of unbranched alkanes of at least 4 members (excludes halogenated alkanes) is 1. The Hall–Kier alpha value is -2.69. The number of ketones is 1. The molecule has 0 aromatic heterocycles. The van der Waals surface area contributed by atoms with Gasteiger partial charge in [-0.25, -0.2) is 0 Å². The van der Waals surface area contributed by atoms with E-state index in [1.165, 1.54) is 20.3 Å². The summed E-state index contributed by atoms with van der Waals surface area (Å²) in [4.78, 5) is 12.3. The van der Waals surface area contributed by atoms with E-state index in [0.29, 0.717) is 31.2 Å². The molecule has 0 spiro atoms. The van der Waals surface area contributed by atoms with Crippen molar-refractivity contribution < 1.29 is 24.5 Å². The maximum Gasteiger partial charge on any atom is 0.164 e. The summed E-state index contributed by atoms with van der Waals surface area (Å²) in [6.07, 6.45) is 2.15. The largest absolute Gasteiger partial charge is 0.504 e. The van der Waals surface area contributed by atoms with Crippen molar-refractivity contribution in [2.75, 3.05) is 14.2 Å². The Bertz CT molecular complexity index is 724. The molecule has 0 fully saturated rings. The molecule has 134 valence electrons. The second-order valence-electron chi connectivity index (χ2n) is 5.90. The van der Waals surface area contributed by atoms with E-state index < -0.39 is 0 Å². The van der Waals surface area contributed by atoms with E-state index in [1.54, 1.807) is 0 Å². The Labute approximate surface area is 147 Å². The quantitative estimate of drug-likeness (QED) is 0.559. The summed E-state index contributed by atoms with van der Waals surface area (Å²) in [6, 6.07) is 8.97. The predicted molar refractivity (Wildman–Crippen MR) is 95.9 cm³/mol. The van der Waals surface area contributed by atoms with E-state index in [-0.39, 0.29) is 28.8 Å². The number of methoxy groups -OCH3 is 2. The molecule has 0 saturated carbocycles. The number of phenolic OH excluding ortho intramolecular Hbond substituents is 2. The molecule has 0 unspecified atom stereocenters. The molecule has 0 bridgehead atoms. The second kappa shape index (κ2) is 8.42. The van der Waals surface area contributed by atoms with Crippen LogP contribution in [0.25, 0.3) is 0 Å². The van der Waals surface area contributed by atoms with Crippen molar-refractivity contribution in [1.82, 2.24) is 0 Å². The minimum Gasteiger partial charge on any atom is -0.504 e. The SMILES string of the molecule is COc1cc(OC)c(O)c(CCCCC(=O)c2ccccc2C)c1O. The fourth-order valence-electron chi connectivity index (χ4n) is 2.82. The number of rotatable bonds is 8. The molecule has 0 radical (unpaired) electrons. The Balaban J connectivity index is 2.00. The molecule has 0 amide bonds. The minimum atomic E-state index is -0.0916. The van der Waals surface area contributed by atoms with Gasteiger partial charge in [0.05, 0.1) is 14.2 Å². The third kappa shape index (κ3) is 4.24. The Kier molecular flexibility index (Phi) is 6.28. The van der Waals surface area contributed by atoms with Crippen LogP contribution in [0.15, 0.2) is 30.3 Å². The lowest BCUT2D eigenvalue weighted by atomic mass is 9.98. The van der Waals surface area contributed by atoms with Gasteiger partial charge in [0.2, 0.25) is 0 Å². The van der Waals surface area contributed by atoms with Gasteiger partial charge in [-0.05, 0) is 31.7 Å². The van der Waals surface area contributed by atoms with Crippen molar-refractivity contribution in [2.24, 2.45) is 0 Å². The lowest BCUT2D eigenvalue weighted by Crippen LogP contribution is -2.02. The smallest absolute Gasteiger partial charge is 0.164 e. The summed E-state index contributed by atoms with van der Waals surface area (Å²) in [5.41, 5.74) is 2.09. The van der Waals surface area contributed by atoms with Gasteiger partial charge in [0.25, 0.3) is 0 Å². The highest BCUT2D eigenvalue weighted by atomic mass is 16.5. The van der Waals surface area contributed by atoms with Gasteiger partial charge in [0, 0.05) is 23.6 Å². The molecule has 0 saturated heterocycles. The first kappa shape index (κ1) is 18.6. The molecular weight excluding hydrogens is 320 g/mol. The summed E-state index contributed by atoms with van der Waals surface area (Å²) >= 11 is 0. The molecule has 5 nitrogen and oxygen atoms in total. The summed E-state index contributed by atoms with van der Waals surface area (Å²) < 4.78 is 10.2. The maximum absolute atomic E-state index is 12.3. The standard InChI is InChI=1S/C20H24O5/c1-13-8-4-5-9-14(13)16(21)11-7-6-10-15-19(22)17(24-2)12-18(25-3)20(15)23/h4-5,8-9,12,22-23H,6-7,10-11H2,1-3H3. The maximum atomic E-state index is 12.3. The van der Waals surface area contributed by atoms with Crippen molar-refractivity contribution in [1.29, 1.82) is 0 Å². The molecule has 25 heavy (non-hydrogen) atoms. The number of benzene rings is 2. The zero-order chi connectivity index (χ0) is 18.4. The first-order chi connectivity index (χ1) is 12.0. The molecule has 5 heteroatoms. The molecule has 2 aromatic carbocycles. The third-order valence-electron chi connectivity index (χ3n) is 4.27. The van der Waals surface area contributed by atoms with Gasteiger partial charge >= 0.3 is 0 Å². The van der Waals surface area contributed by atoms with Crippen LogP contribution in [-0.4, -0.2) is 30.2 Å². The number of carbonyl (C=O) groups excluding carboxylic acids is 1. The number of phenols is 2. The van der Waals surface area contributed by atoms with Crippen molar-refractivity contribution in [3.8, 4) is 23.0 Å². The van der Waals surface area contributed by atoms with Crippen LogP contribution in [0.2, 0.25) is 0 Å². The molecule has 0 aliphatic heterocycles. The van der Waals surface area contributed by atoms with Crippen molar-refractivity contribution in [2.45, 2.75) is 32.6 Å². The van der Waals surface area contributed by atoms with Crippen molar-refractivity contribution >= 4 is 5.78 Å². The number of aryl methyl sites for hydroxylation is 1. The van der Waals surface area contributed by atoms with Crippen molar-refractivity contribution in [3.05, 3.63) is 47.0 Å². The van der Waals surface area contributed by atoms with Crippen LogP contribution >= 0.6 is 0 Å². The van der Waals surface area contributed by atoms with Crippen LogP contribution < -0.4 is 9.47 Å². The van der Waals surface area contributed by atoms with Gasteiger partial charge in [-0.3, -0.25) is 4.79 Å². The fraction of sp³-hybridized carbons (Fsp3) is 0.350. The highest BCUT2D eigenvalue weighted by Crippen LogP contribution is 2.43. The van der Waals surface area contributed by atoms with Crippen LogP contribution in [0.3, 0.4) is 0 Å². The Morgan fingerprint density at radius 1 is 1.00 bits per heavy atom. The van der Waals surface area contributed by atoms with E-state index >= 15 is 0 Å². The van der Waals surface area contributed by atoms with E-state index in [0.717, 1.165) is 11.1 Å². The first-order valence-electron chi connectivity index (χ1n) is 8.24. The van der Waals surface area contributed by atoms with Crippen LogP contribution in [0.5, 0.6) is 23.0 Å². The average molecular weight is 344 g/mol. The number of hydrogen-bond acceptors (Lipinski definition) is 5. The summed E-state index contributed by atoms with van der Waals surface area (Å²) in [6.45, 7) is 1.92.